The van der Waals surface area contributed by atoms with Gasteiger partial charge in [-0.05, 0) is 25.0 Å². The lowest BCUT2D eigenvalue weighted by Gasteiger charge is -2.36. The van der Waals surface area contributed by atoms with E-state index in [0.29, 0.717) is 10.9 Å². The summed E-state index contributed by atoms with van der Waals surface area (Å²) in [6.07, 6.45) is 3.56. The summed E-state index contributed by atoms with van der Waals surface area (Å²) in [7, 11) is 0. The maximum atomic E-state index is 12.5. The molecule has 0 aromatic carbocycles. The van der Waals surface area contributed by atoms with Gasteiger partial charge in [0.1, 0.15) is 5.82 Å². The zero-order valence-corrected chi connectivity index (χ0v) is 13.6. The molecule has 6 heteroatoms. The van der Waals surface area contributed by atoms with Crippen LogP contribution < -0.4 is 4.90 Å². The molecule has 2 aliphatic rings. The number of piperidine rings is 1. The summed E-state index contributed by atoms with van der Waals surface area (Å²) in [6, 6.07) is 3.71. The van der Waals surface area contributed by atoms with E-state index in [0.717, 1.165) is 56.3 Å². The number of amides is 1. The Morgan fingerprint density at radius 1 is 1.24 bits per heavy atom. The van der Waals surface area contributed by atoms with Crippen molar-refractivity contribution in [2.75, 3.05) is 42.6 Å². The molecule has 0 spiro atoms. The van der Waals surface area contributed by atoms with Crippen molar-refractivity contribution in [2.45, 2.75) is 12.8 Å². The molecular weight excluding hydrogens is 306 g/mol. The lowest BCUT2D eigenvalue weighted by atomic mass is 9.95. The lowest BCUT2D eigenvalue weighted by molar-refractivity contribution is -0.135. The first-order valence-corrected chi connectivity index (χ1v) is 9.01. The van der Waals surface area contributed by atoms with E-state index < -0.39 is 0 Å². The maximum absolute atomic E-state index is 12.5. The lowest BCUT2D eigenvalue weighted by Crippen LogP contribution is -2.45. The largest absolute Gasteiger partial charge is 0.355 e. The summed E-state index contributed by atoms with van der Waals surface area (Å²) in [5.41, 5.74) is 0. The highest BCUT2D eigenvalue weighted by Crippen LogP contribution is 2.28. The van der Waals surface area contributed by atoms with Crippen molar-refractivity contribution in [3.8, 4) is 0 Å². The van der Waals surface area contributed by atoms with E-state index in [1.807, 2.05) is 28.8 Å². The maximum Gasteiger partial charge on any atom is 0.225 e. The molecule has 21 heavy (non-hydrogen) atoms. The third-order valence-electron chi connectivity index (χ3n) is 4.21. The van der Waals surface area contributed by atoms with Crippen LogP contribution in [0.15, 0.2) is 18.3 Å². The fraction of sp³-hybridized carbons (Fsp3) is 0.600. The van der Waals surface area contributed by atoms with Crippen LogP contribution in [0.25, 0.3) is 0 Å². The molecule has 4 nitrogen and oxygen atoms in total. The number of aromatic nitrogens is 1. The van der Waals surface area contributed by atoms with E-state index >= 15 is 0 Å². The second-order valence-electron chi connectivity index (χ2n) is 5.51. The first kappa shape index (κ1) is 15.0. The number of halogens is 1. The van der Waals surface area contributed by atoms with Crippen molar-refractivity contribution in [3.05, 3.63) is 23.4 Å². The second-order valence-corrected chi connectivity index (χ2v) is 7.14. The summed E-state index contributed by atoms with van der Waals surface area (Å²) in [5, 5.41) is 0.690. The normalized spacial score (nSPS) is 20.6. The first-order valence-electron chi connectivity index (χ1n) is 7.47. The van der Waals surface area contributed by atoms with Gasteiger partial charge in [-0.1, -0.05) is 11.6 Å². The fourth-order valence-electron chi connectivity index (χ4n) is 2.99. The number of thioether (sulfide) groups is 1. The topological polar surface area (TPSA) is 36.4 Å². The van der Waals surface area contributed by atoms with Gasteiger partial charge in [0.2, 0.25) is 5.91 Å². The number of hydrogen-bond acceptors (Lipinski definition) is 4. The van der Waals surface area contributed by atoms with Crippen molar-refractivity contribution < 1.29 is 4.79 Å². The average Bonchev–Trinajstić information content (AvgIpc) is 2.56. The Morgan fingerprint density at radius 2 is 1.95 bits per heavy atom. The molecule has 0 bridgehead atoms. The number of rotatable bonds is 2. The highest BCUT2D eigenvalue weighted by Gasteiger charge is 2.30. The molecule has 0 atom stereocenters. The predicted molar refractivity (Wildman–Crippen MR) is 88.1 cm³/mol. The van der Waals surface area contributed by atoms with E-state index in [1.165, 1.54) is 0 Å². The smallest absolute Gasteiger partial charge is 0.225 e. The molecule has 2 fully saturated rings. The third kappa shape index (κ3) is 3.46. The van der Waals surface area contributed by atoms with Crippen molar-refractivity contribution in [3.63, 3.8) is 0 Å². The third-order valence-corrected chi connectivity index (χ3v) is 5.44. The van der Waals surface area contributed by atoms with Gasteiger partial charge in [0.15, 0.2) is 0 Å². The van der Waals surface area contributed by atoms with Gasteiger partial charge in [-0.25, -0.2) is 4.98 Å². The molecule has 0 unspecified atom stereocenters. The summed E-state index contributed by atoms with van der Waals surface area (Å²) in [5.74, 6) is 3.52. The Hall–Kier alpha value is -0.940. The molecule has 1 aromatic heterocycles. The van der Waals surface area contributed by atoms with Crippen molar-refractivity contribution >= 4 is 35.1 Å². The van der Waals surface area contributed by atoms with Crippen molar-refractivity contribution in [2.24, 2.45) is 5.92 Å². The number of carbonyl (C=O) groups excluding carboxylic acids is 1. The fourth-order valence-corrected chi connectivity index (χ4v) is 4.13. The Balaban J connectivity index is 1.57. The van der Waals surface area contributed by atoms with Gasteiger partial charge < -0.3 is 9.80 Å². The van der Waals surface area contributed by atoms with Crippen LogP contribution in [0.3, 0.4) is 0 Å². The Labute approximate surface area is 134 Å². The minimum Gasteiger partial charge on any atom is -0.355 e. The van der Waals surface area contributed by atoms with Crippen LogP contribution in [0, 0.1) is 5.92 Å². The first-order chi connectivity index (χ1) is 10.3. The molecular formula is C15H20ClN3OS. The Bertz CT molecular complexity index is 499. The van der Waals surface area contributed by atoms with E-state index in [1.54, 1.807) is 6.20 Å². The van der Waals surface area contributed by atoms with Gasteiger partial charge in [-0.15, -0.1) is 0 Å². The van der Waals surface area contributed by atoms with Crippen LogP contribution in [0.1, 0.15) is 12.8 Å². The van der Waals surface area contributed by atoms with Gasteiger partial charge in [0.25, 0.3) is 0 Å². The minimum absolute atomic E-state index is 0.173. The summed E-state index contributed by atoms with van der Waals surface area (Å²) < 4.78 is 0. The SMILES string of the molecule is O=C(C1CCN(c2ncccc2Cl)CC1)N1CCSCC1. The van der Waals surface area contributed by atoms with Crippen LogP contribution in [-0.2, 0) is 4.79 Å². The van der Waals surface area contributed by atoms with Crippen LogP contribution >= 0.6 is 23.4 Å². The molecule has 3 rings (SSSR count). The van der Waals surface area contributed by atoms with Crippen LogP contribution in [-0.4, -0.2) is 53.5 Å². The quantitative estimate of drug-likeness (QED) is 0.837. The highest BCUT2D eigenvalue weighted by molar-refractivity contribution is 7.99. The predicted octanol–water partition coefficient (Wildman–Crippen LogP) is 2.53. The molecule has 1 amide bonds. The molecule has 2 aliphatic heterocycles. The van der Waals surface area contributed by atoms with E-state index in [4.69, 9.17) is 11.6 Å². The minimum atomic E-state index is 0.173. The van der Waals surface area contributed by atoms with Crippen LogP contribution in [0.2, 0.25) is 5.02 Å². The van der Waals surface area contributed by atoms with Gasteiger partial charge in [0, 0.05) is 49.8 Å². The van der Waals surface area contributed by atoms with E-state index in [2.05, 4.69) is 9.88 Å². The van der Waals surface area contributed by atoms with Gasteiger partial charge in [0.05, 0.1) is 5.02 Å². The van der Waals surface area contributed by atoms with Crippen molar-refractivity contribution in [1.82, 2.24) is 9.88 Å². The molecule has 3 heterocycles. The monoisotopic (exact) mass is 325 g/mol. The standard InChI is InChI=1S/C15H20ClN3OS/c16-13-2-1-5-17-14(13)18-6-3-12(4-7-18)15(20)19-8-10-21-11-9-19/h1-2,5,12H,3-4,6-11H2. The molecule has 0 N–H and O–H groups in total. The molecule has 0 radical (unpaired) electrons. The molecule has 0 saturated carbocycles. The van der Waals surface area contributed by atoms with E-state index in [9.17, 15) is 4.79 Å². The summed E-state index contributed by atoms with van der Waals surface area (Å²) in [4.78, 5) is 21.1. The molecule has 1 aromatic rings. The number of nitrogens with zero attached hydrogens (tertiary/aromatic N) is 3. The summed E-state index contributed by atoms with van der Waals surface area (Å²) in [6.45, 7) is 3.54. The molecule has 0 aliphatic carbocycles. The van der Waals surface area contributed by atoms with Gasteiger partial charge in [-0.2, -0.15) is 11.8 Å². The molecule has 2 saturated heterocycles. The summed E-state index contributed by atoms with van der Waals surface area (Å²) >= 11 is 8.13. The Morgan fingerprint density at radius 3 is 2.62 bits per heavy atom. The zero-order valence-electron chi connectivity index (χ0n) is 12.0. The number of anilines is 1. The van der Waals surface area contributed by atoms with E-state index in [-0.39, 0.29) is 5.92 Å². The Kier molecular flexibility index (Phi) is 4.91. The number of hydrogen-bond donors (Lipinski definition) is 0. The zero-order chi connectivity index (χ0) is 14.7. The van der Waals surface area contributed by atoms with Crippen molar-refractivity contribution in [1.29, 1.82) is 0 Å². The molecule has 114 valence electrons. The van der Waals surface area contributed by atoms with Crippen LogP contribution in [0.4, 0.5) is 5.82 Å². The second kappa shape index (κ2) is 6.88. The van der Waals surface area contributed by atoms with Gasteiger partial charge >= 0.3 is 0 Å². The number of pyridine rings is 1. The van der Waals surface area contributed by atoms with Gasteiger partial charge in [-0.3, -0.25) is 4.79 Å². The number of carbonyl (C=O) groups is 1. The van der Waals surface area contributed by atoms with Crippen LogP contribution in [0.5, 0.6) is 0 Å². The average molecular weight is 326 g/mol. The highest BCUT2D eigenvalue weighted by atomic mass is 35.5.